The molecule has 29 heavy (non-hydrogen) atoms. The van der Waals surface area contributed by atoms with Gasteiger partial charge in [-0.2, -0.15) is 0 Å². The second-order valence-electron chi connectivity index (χ2n) is 6.90. The molecule has 3 aromatic rings. The number of carbonyl (C=O) groups excluding carboxylic acids is 1. The number of nitrogens with zero attached hydrogens (tertiary/aromatic N) is 1. The maximum atomic E-state index is 13.2. The molecule has 2 aromatic carbocycles. The zero-order valence-corrected chi connectivity index (χ0v) is 18.1. The number of sulfonamides is 1. The number of benzene rings is 2. The molecule has 6 nitrogen and oxygen atoms in total. The molecular formula is C21H19BrN2O4S. The van der Waals surface area contributed by atoms with Gasteiger partial charge in [-0.15, -0.1) is 0 Å². The molecule has 0 radical (unpaired) electrons. The standard InChI is InChI=1S/C21H19BrN2O4S/c1-14-4-8-17(9-5-14)29(26,27)24-12-2-3-15-6-7-16(13-18(15)24)23-21(25)19-10-11-20(22)28-19/h4-11,13H,2-3,12H2,1H3,(H,23,25). The number of carbonyl (C=O) groups is 1. The fourth-order valence-electron chi connectivity index (χ4n) is 3.33. The number of furan rings is 1. The van der Waals surface area contributed by atoms with Gasteiger partial charge in [-0.1, -0.05) is 23.8 Å². The van der Waals surface area contributed by atoms with Crippen molar-refractivity contribution in [3.8, 4) is 0 Å². The van der Waals surface area contributed by atoms with Crippen molar-refractivity contribution in [3.63, 3.8) is 0 Å². The molecule has 0 bridgehead atoms. The number of rotatable bonds is 4. The molecular weight excluding hydrogens is 456 g/mol. The van der Waals surface area contributed by atoms with Crippen LogP contribution in [0.5, 0.6) is 0 Å². The molecule has 1 N–H and O–H groups in total. The van der Waals surface area contributed by atoms with Crippen molar-refractivity contribution in [2.75, 3.05) is 16.2 Å². The summed E-state index contributed by atoms with van der Waals surface area (Å²) in [5, 5.41) is 2.77. The Kier molecular flexibility index (Phi) is 5.23. The highest BCUT2D eigenvalue weighted by Crippen LogP contribution is 2.34. The Morgan fingerprint density at radius 2 is 1.86 bits per heavy atom. The molecule has 0 fully saturated rings. The van der Waals surface area contributed by atoms with Gasteiger partial charge >= 0.3 is 0 Å². The molecule has 0 unspecified atom stereocenters. The minimum atomic E-state index is -3.69. The summed E-state index contributed by atoms with van der Waals surface area (Å²) < 4.78 is 33.6. The zero-order chi connectivity index (χ0) is 20.6. The van der Waals surface area contributed by atoms with Crippen LogP contribution in [-0.2, 0) is 16.4 Å². The quantitative estimate of drug-likeness (QED) is 0.591. The number of aryl methyl sites for hydroxylation is 2. The van der Waals surface area contributed by atoms with Crippen LogP contribution in [0.1, 0.15) is 28.1 Å². The van der Waals surface area contributed by atoms with E-state index >= 15 is 0 Å². The van der Waals surface area contributed by atoms with Crippen molar-refractivity contribution in [2.24, 2.45) is 0 Å². The first-order valence-electron chi connectivity index (χ1n) is 9.13. The fraction of sp³-hybridized carbons (Fsp3) is 0.190. The zero-order valence-electron chi connectivity index (χ0n) is 15.7. The number of amides is 1. The number of hydrogen-bond acceptors (Lipinski definition) is 4. The molecule has 0 saturated heterocycles. The number of halogens is 1. The summed E-state index contributed by atoms with van der Waals surface area (Å²) in [7, 11) is -3.69. The van der Waals surface area contributed by atoms with Gasteiger partial charge in [0.15, 0.2) is 10.4 Å². The number of fused-ring (bicyclic) bond motifs is 1. The molecule has 0 aliphatic carbocycles. The third-order valence-electron chi connectivity index (χ3n) is 4.83. The number of hydrogen-bond donors (Lipinski definition) is 1. The highest BCUT2D eigenvalue weighted by molar-refractivity contribution is 9.10. The molecule has 1 amide bonds. The van der Waals surface area contributed by atoms with Crippen LogP contribution >= 0.6 is 15.9 Å². The van der Waals surface area contributed by atoms with Gasteiger partial charge in [0.25, 0.3) is 15.9 Å². The molecule has 0 atom stereocenters. The van der Waals surface area contributed by atoms with E-state index < -0.39 is 15.9 Å². The predicted molar refractivity (Wildman–Crippen MR) is 115 cm³/mol. The monoisotopic (exact) mass is 474 g/mol. The lowest BCUT2D eigenvalue weighted by molar-refractivity contribution is 0.0995. The first kappa shape index (κ1) is 19.7. The van der Waals surface area contributed by atoms with Crippen molar-refractivity contribution in [2.45, 2.75) is 24.7 Å². The topological polar surface area (TPSA) is 79.6 Å². The Balaban J connectivity index is 1.66. The largest absolute Gasteiger partial charge is 0.444 e. The van der Waals surface area contributed by atoms with Gasteiger partial charge < -0.3 is 9.73 Å². The molecule has 8 heteroatoms. The van der Waals surface area contributed by atoms with Crippen molar-refractivity contribution in [3.05, 3.63) is 76.2 Å². The summed E-state index contributed by atoms with van der Waals surface area (Å²) in [6, 6.07) is 15.4. The van der Waals surface area contributed by atoms with E-state index in [0.717, 1.165) is 24.0 Å². The van der Waals surface area contributed by atoms with E-state index in [4.69, 9.17) is 4.42 Å². The Bertz CT molecular complexity index is 1170. The van der Waals surface area contributed by atoms with Crippen LogP contribution in [0, 0.1) is 6.92 Å². The van der Waals surface area contributed by atoms with Crippen LogP contribution < -0.4 is 9.62 Å². The van der Waals surface area contributed by atoms with E-state index in [9.17, 15) is 13.2 Å². The highest BCUT2D eigenvalue weighted by Gasteiger charge is 2.29. The SMILES string of the molecule is Cc1ccc(S(=O)(=O)N2CCCc3ccc(NC(=O)c4ccc(Br)o4)cc32)cc1. The summed E-state index contributed by atoms with van der Waals surface area (Å²) in [5.41, 5.74) is 3.03. The summed E-state index contributed by atoms with van der Waals surface area (Å²) in [4.78, 5) is 12.6. The Labute approximate surface area is 177 Å². The molecule has 1 aromatic heterocycles. The molecule has 1 aliphatic heterocycles. The van der Waals surface area contributed by atoms with Gasteiger partial charge in [0, 0.05) is 12.2 Å². The maximum absolute atomic E-state index is 13.2. The van der Waals surface area contributed by atoms with Crippen LogP contribution in [0.3, 0.4) is 0 Å². The number of anilines is 2. The Morgan fingerprint density at radius 1 is 1.10 bits per heavy atom. The molecule has 1 aliphatic rings. The number of nitrogens with one attached hydrogen (secondary N) is 1. The molecule has 4 rings (SSSR count). The van der Waals surface area contributed by atoms with Gasteiger partial charge in [0.05, 0.1) is 10.6 Å². The summed E-state index contributed by atoms with van der Waals surface area (Å²) in [6.07, 6.45) is 1.53. The third kappa shape index (κ3) is 3.95. The summed E-state index contributed by atoms with van der Waals surface area (Å²) >= 11 is 3.17. The smallest absolute Gasteiger partial charge is 0.291 e. The lowest BCUT2D eigenvalue weighted by Gasteiger charge is -2.31. The second-order valence-corrected chi connectivity index (χ2v) is 9.54. The van der Waals surface area contributed by atoms with Crippen LogP contribution in [0.2, 0.25) is 0 Å². The molecule has 150 valence electrons. The van der Waals surface area contributed by atoms with E-state index in [2.05, 4.69) is 21.2 Å². The van der Waals surface area contributed by atoms with E-state index in [1.54, 1.807) is 48.5 Å². The van der Waals surface area contributed by atoms with Crippen molar-refractivity contribution < 1.29 is 17.6 Å². The van der Waals surface area contributed by atoms with Crippen LogP contribution in [0.4, 0.5) is 11.4 Å². The normalized spacial score (nSPS) is 13.8. The minimum Gasteiger partial charge on any atom is -0.444 e. The Morgan fingerprint density at radius 3 is 2.55 bits per heavy atom. The van der Waals surface area contributed by atoms with Gasteiger partial charge in [0.2, 0.25) is 0 Å². The molecule has 0 saturated carbocycles. The summed E-state index contributed by atoms with van der Waals surface area (Å²) in [6.45, 7) is 2.31. The van der Waals surface area contributed by atoms with E-state index in [1.807, 2.05) is 13.0 Å². The highest BCUT2D eigenvalue weighted by atomic mass is 79.9. The second kappa shape index (κ2) is 7.68. The molecule has 2 heterocycles. The lowest BCUT2D eigenvalue weighted by Crippen LogP contribution is -2.35. The Hall–Kier alpha value is -2.58. The van der Waals surface area contributed by atoms with Crippen LogP contribution in [-0.4, -0.2) is 20.9 Å². The first-order valence-corrected chi connectivity index (χ1v) is 11.4. The minimum absolute atomic E-state index is 0.165. The van der Waals surface area contributed by atoms with Gasteiger partial charge in [-0.25, -0.2) is 8.42 Å². The van der Waals surface area contributed by atoms with E-state index in [-0.39, 0.29) is 10.7 Å². The van der Waals surface area contributed by atoms with Crippen molar-refractivity contribution in [1.29, 1.82) is 0 Å². The van der Waals surface area contributed by atoms with Crippen LogP contribution in [0.15, 0.2) is 68.6 Å². The van der Waals surface area contributed by atoms with Crippen molar-refractivity contribution >= 4 is 43.2 Å². The average Bonchev–Trinajstić information content (AvgIpc) is 3.14. The first-order chi connectivity index (χ1) is 13.8. The van der Waals surface area contributed by atoms with E-state index in [1.165, 1.54) is 4.31 Å². The lowest BCUT2D eigenvalue weighted by atomic mass is 10.0. The van der Waals surface area contributed by atoms with Gasteiger partial charge in [-0.05, 0) is 77.7 Å². The van der Waals surface area contributed by atoms with Gasteiger partial charge in [-0.3, -0.25) is 9.10 Å². The predicted octanol–water partition coefficient (Wildman–Crippen LogP) is 4.74. The average molecular weight is 475 g/mol. The van der Waals surface area contributed by atoms with Gasteiger partial charge in [0.1, 0.15) is 0 Å². The molecule has 0 spiro atoms. The maximum Gasteiger partial charge on any atom is 0.291 e. The third-order valence-corrected chi connectivity index (χ3v) is 7.08. The summed E-state index contributed by atoms with van der Waals surface area (Å²) in [5.74, 6) is -0.238. The fourth-order valence-corrected chi connectivity index (χ4v) is 5.17. The van der Waals surface area contributed by atoms with Crippen molar-refractivity contribution in [1.82, 2.24) is 0 Å². The van der Waals surface area contributed by atoms with Crippen LogP contribution in [0.25, 0.3) is 0 Å². The van der Waals surface area contributed by atoms with E-state index in [0.29, 0.717) is 22.6 Å².